The Balaban J connectivity index is 1.24. The van der Waals surface area contributed by atoms with Crippen molar-refractivity contribution in [2.45, 2.75) is 0 Å². The summed E-state index contributed by atoms with van der Waals surface area (Å²) < 4.78 is 8.75. The van der Waals surface area contributed by atoms with Gasteiger partial charge in [-0.15, -0.1) is 0 Å². The van der Waals surface area contributed by atoms with Crippen LogP contribution in [0, 0.1) is 0 Å². The molecule has 7 heteroatoms. The standard InChI is InChI=1S/C39H24N6O/c1-2-7-27(8-3-1)39-44-31-13-14-35-36(37(31)46-39)30-11-4-5-12-34(30)45(35)29-10-6-9-28(23-29)38-42-32(25-15-19-40-20-16-25)24-33(43-38)26-17-21-41-22-18-26/h1-24H. The molecule has 0 bridgehead atoms. The zero-order valence-corrected chi connectivity index (χ0v) is 24.4. The van der Waals surface area contributed by atoms with Crippen molar-refractivity contribution < 1.29 is 4.42 Å². The Morgan fingerprint density at radius 1 is 0.500 bits per heavy atom. The van der Waals surface area contributed by atoms with Crippen LogP contribution in [-0.2, 0) is 0 Å². The largest absolute Gasteiger partial charge is 0.435 e. The smallest absolute Gasteiger partial charge is 0.227 e. The van der Waals surface area contributed by atoms with Crippen LogP contribution in [0.25, 0.3) is 83.9 Å². The minimum atomic E-state index is 0.609. The fourth-order valence-electron chi connectivity index (χ4n) is 6.12. The molecule has 0 unspecified atom stereocenters. The van der Waals surface area contributed by atoms with E-state index in [1.807, 2.05) is 66.7 Å². The van der Waals surface area contributed by atoms with Gasteiger partial charge in [0.05, 0.1) is 27.8 Å². The highest BCUT2D eigenvalue weighted by atomic mass is 16.3. The summed E-state index contributed by atoms with van der Waals surface area (Å²) in [5.41, 5.74) is 10.1. The number of oxazole rings is 1. The Hall–Kier alpha value is -6.47. The van der Waals surface area contributed by atoms with E-state index in [1.54, 1.807) is 24.8 Å². The van der Waals surface area contributed by atoms with Crippen molar-refractivity contribution in [3.63, 3.8) is 0 Å². The van der Waals surface area contributed by atoms with Gasteiger partial charge in [0, 0.05) is 58.1 Å². The number of hydrogen-bond acceptors (Lipinski definition) is 6. The quantitative estimate of drug-likeness (QED) is 0.198. The second-order valence-corrected chi connectivity index (χ2v) is 11.0. The molecule has 0 N–H and O–H groups in total. The van der Waals surface area contributed by atoms with Gasteiger partial charge in [-0.1, -0.05) is 48.5 Å². The lowest BCUT2D eigenvalue weighted by Crippen LogP contribution is -1.98. The first-order valence-electron chi connectivity index (χ1n) is 15.0. The highest BCUT2D eigenvalue weighted by Gasteiger charge is 2.19. The van der Waals surface area contributed by atoms with Gasteiger partial charge >= 0.3 is 0 Å². The molecule has 0 saturated heterocycles. The molecule has 0 atom stereocenters. The topological polar surface area (TPSA) is 82.5 Å². The van der Waals surface area contributed by atoms with Gasteiger partial charge in [-0.3, -0.25) is 9.97 Å². The Morgan fingerprint density at radius 3 is 1.91 bits per heavy atom. The molecule has 0 fully saturated rings. The summed E-state index contributed by atoms with van der Waals surface area (Å²) in [5, 5.41) is 2.13. The Morgan fingerprint density at radius 2 is 1.17 bits per heavy atom. The number of nitrogens with zero attached hydrogens (tertiary/aromatic N) is 6. The van der Waals surface area contributed by atoms with Gasteiger partial charge in [0.2, 0.25) is 5.89 Å². The molecular formula is C39H24N6O. The molecule has 4 aromatic carbocycles. The van der Waals surface area contributed by atoms with Crippen molar-refractivity contribution in [1.29, 1.82) is 0 Å². The van der Waals surface area contributed by atoms with Gasteiger partial charge in [-0.25, -0.2) is 15.0 Å². The average Bonchev–Trinajstić information content (AvgIpc) is 3.72. The molecule has 9 aromatic rings. The molecule has 0 aliphatic rings. The van der Waals surface area contributed by atoms with E-state index in [0.717, 1.165) is 72.2 Å². The van der Waals surface area contributed by atoms with Crippen LogP contribution in [0.15, 0.2) is 151 Å². The number of aromatic nitrogens is 6. The molecule has 0 aliphatic heterocycles. The first-order valence-corrected chi connectivity index (χ1v) is 15.0. The first kappa shape index (κ1) is 26.0. The second kappa shape index (κ2) is 10.6. The van der Waals surface area contributed by atoms with E-state index >= 15 is 0 Å². The van der Waals surface area contributed by atoms with Crippen LogP contribution >= 0.6 is 0 Å². The lowest BCUT2D eigenvalue weighted by Gasteiger charge is -2.12. The zero-order chi connectivity index (χ0) is 30.5. The maximum atomic E-state index is 6.47. The summed E-state index contributed by atoms with van der Waals surface area (Å²) in [4.78, 5) is 23.3. The number of pyridine rings is 2. The van der Waals surface area contributed by atoms with Gasteiger partial charge in [-0.05, 0) is 72.8 Å². The molecule has 0 saturated carbocycles. The second-order valence-electron chi connectivity index (χ2n) is 11.0. The van der Waals surface area contributed by atoms with Crippen LogP contribution < -0.4 is 0 Å². The molecule has 0 amide bonds. The van der Waals surface area contributed by atoms with E-state index in [9.17, 15) is 0 Å². The first-order chi connectivity index (χ1) is 22.8. The number of fused-ring (bicyclic) bond motifs is 5. The van der Waals surface area contributed by atoms with Gasteiger partial charge in [0.15, 0.2) is 11.4 Å². The van der Waals surface area contributed by atoms with E-state index < -0.39 is 0 Å². The highest BCUT2D eigenvalue weighted by molar-refractivity contribution is 6.19. The predicted octanol–water partition coefficient (Wildman–Crippen LogP) is 9.17. The Kier molecular flexibility index (Phi) is 5.99. The summed E-state index contributed by atoms with van der Waals surface area (Å²) >= 11 is 0. The summed E-state index contributed by atoms with van der Waals surface area (Å²) in [5.74, 6) is 1.24. The van der Waals surface area contributed by atoms with Crippen molar-refractivity contribution in [3.8, 4) is 51.0 Å². The summed E-state index contributed by atoms with van der Waals surface area (Å²) in [7, 11) is 0. The average molecular weight is 593 g/mol. The van der Waals surface area contributed by atoms with Gasteiger partial charge in [0.25, 0.3) is 0 Å². The van der Waals surface area contributed by atoms with Crippen molar-refractivity contribution >= 4 is 32.9 Å². The highest BCUT2D eigenvalue weighted by Crippen LogP contribution is 2.39. The minimum Gasteiger partial charge on any atom is -0.435 e. The van der Waals surface area contributed by atoms with Crippen molar-refractivity contribution in [1.82, 2.24) is 29.5 Å². The van der Waals surface area contributed by atoms with Gasteiger partial charge < -0.3 is 8.98 Å². The third kappa shape index (κ3) is 4.33. The maximum Gasteiger partial charge on any atom is 0.227 e. The third-order valence-electron chi connectivity index (χ3n) is 8.25. The van der Waals surface area contributed by atoms with Gasteiger partial charge in [0.1, 0.15) is 5.52 Å². The fraction of sp³-hybridized carbons (Fsp3) is 0. The van der Waals surface area contributed by atoms with Crippen LogP contribution in [0.2, 0.25) is 0 Å². The number of benzene rings is 4. The van der Waals surface area contributed by atoms with E-state index in [2.05, 4.69) is 69.1 Å². The lowest BCUT2D eigenvalue weighted by molar-refractivity contribution is 0.623. The molecule has 5 heterocycles. The normalized spacial score (nSPS) is 11.5. The molecule has 0 aliphatic carbocycles. The van der Waals surface area contributed by atoms with Crippen molar-refractivity contribution in [2.24, 2.45) is 0 Å². The SMILES string of the molecule is c1ccc(-c2nc3ccc4c(c5ccccc5n4-c4cccc(-c5nc(-c6ccncc6)cc(-c6ccncc6)n5)c4)c3o2)cc1. The Labute approximate surface area is 263 Å². The van der Waals surface area contributed by atoms with E-state index in [4.69, 9.17) is 19.4 Å². The van der Waals surface area contributed by atoms with Crippen LogP contribution in [0.3, 0.4) is 0 Å². The Bertz CT molecular complexity index is 2460. The molecular weight excluding hydrogens is 568 g/mol. The summed E-state index contributed by atoms with van der Waals surface area (Å²) in [6.45, 7) is 0. The lowest BCUT2D eigenvalue weighted by atomic mass is 10.1. The summed E-state index contributed by atoms with van der Waals surface area (Å²) in [6.07, 6.45) is 7.11. The third-order valence-corrected chi connectivity index (χ3v) is 8.25. The molecule has 0 radical (unpaired) electrons. The van der Waals surface area contributed by atoms with E-state index in [-0.39, 0.29) is 0 Å². The molecule has 9 rings (SSSR count). The van der Waals surface area contributed by atoms with Crippen LogP contribution in [0.5, 0.6) is 0 Å². The van der Waals surface area contributed by atoms with Crippen molar-refractivity contribution in [2.75, 3.05) is 0 Å². The van der Waals surface area contributed by atoms with E-state index in [0.29, 0.717) is 11.7 Å². The predicted molar refractivity (Wildman–Crippen MR) is 181 cm³/mol. The van der Waals surface area contributed by atoms with Gasteiger partial charge in [-0.2, -0.15) is 0 Å². The fourth-order valence-corrected chi connectivity index (χ4v) is 6.12. The van der Waals surface area contributed by atoms with Crippen LogP contribution in [-0.4, -0.2) is 29.5 Å². The minimum absolute atomic E-state index is 0.609. The molecule has 0 spiro atoms. The molecule has 216 valence electrons. The molecule has 7 nitrogen and oxygen atoms in total. The van der Waals surface area contributed by atoms with Crippen LogP contribution in [0.4, 0.5) is 0 Å². The van der Waals surface area contributed by atoms with E-state index in [1.165, 1.54) is 0 Å². The zero-order valence-electron chi connectivity index (χ0n) is 24.4. The summed E-state index contributed by atoms with van der Waals surface area (Å²) in [6, 6.07) is 40.8. The monoisotopic (exact) mass is 592 g/mol. The molecule has 5 aromatic heterocycles. The van der Waals surface area contributed by atoms with Crippen LogP contribution in [0.1, 0.15) is 0 Å². The number of hydrogen-bond donors (Lipinski definition) is 0. The molecule has 46 heavy (non-hydrogen) atoms. The maximum absolute atomic E-state index is 6.47. The number of rotatable bonds is 5. The number of para-hydroxylation sites is 1. The van der Waals surface area contributed by atoms with Crippen molar-refractivity contribution in [3.05, 3.63) is 146 Å².